The molecule has 1 heterocycles. The predicted molar refractivity (Wildman–Crippen MR) is 69.6 cm³/mol. The molecule has 0 radical (unpaired) electrons. The number of aromatic nitrogens is 3. The van der Waals surface area contributed by atoms with Crippen LogP contribution in [0.5, 0.6) is 5.75 Å². The van der Waals surface area contributed by atoms with Crippen molar-refractivity contribution in [2.24, 2.45) is 7.05 Å². The quantitative estimate of drug-likeness (QED) is 0.904. The minimum atomic E-state index is -0.164. The van der Waals surface area contributed by atoms with E-state index < -0.39 is 0 Å². The summed E-state index contributed by atoms with van der Waals surface area (Å²) < 4.78 is 1.44. The normalized spacial score (nSPS) is 12.2. The first-order chi connectivity index (χ1) is 9.00. The smallest absolute Gasteiger partial charge is 0.274 e. The summed E-state index contributed by atoms with van der Waals surface area (Å²) in [5, 5.41) is 16.9. The van der Waals surface area contributed by atoms with E-state index in [4.69, 9.17) is 0 Å². The van der Waals surface area contributed by atoms with Crippen molar-refractivity contribution in [3.05, 3.63) is 41.7 Å². The minimum Gasteiger partial charge on any atom is -0.508 e. The molecule has 6 nitrogen and oxygen atoms in total. The molecule has 0 bridgehead atoms. The van der Waals surface area contributed by atoms with Crippen molar-refractivity contribution in [2.75, 3.05) is 7.05 Å². The number of phenols is 1. The van der Waals surface area contributed by atoms with Gasteiger partial charge in [0.05, 0.1) is 12.2 Å². The third kappa shape index (κ3) is 2.57. The topological polar surface area (TPSA) is 71.2 Å². The molecule has 0 aliphatic rings. The number of phenolic OH excluding ortho intramolecular Hbond substituents is 1. The van der Waals surface area contributed by atoms with E-state index >= 15 is 0 Å². The zero-order valence-corrected chi connectivity index (χ0v) is 11.1. The highest BCUT2D eigenvalue weighted by atomic mass is 16.3. The highest BCUT2D eigenvalue weighted by molar-refractivity contribution is 5.92. The Morgan fingerprint density at radius 1 is 1.47 bits per heavy atom. The molecule has 1 aromatic carbocycles. The molecule has 0 saturated heterocycles. The number of carbonyl (C=O) groups excluding carboxylic acids is 1. The van der Waals surface area contributed by atoms with Gasteiger partial charge >= 0.3 is 0 Å². The molecular formula is C13H16N4O2. The van der Waals surface area contributed by atoms with Crippen LogP contribution in [0.2, 0.25) is 0 Å². The lowest BCUT2D eigenvalue weighted by Crippen LogP contribution is -2.31. The van der Waals surface area contributed by atoms with Gasteiger partial charge in [0.1, 0.15) is 11.4 Å². The lowest BCUT2D eigenvalue weighted by molar-refractivity contribution is 0.0731. The van der Waals surface area contributed by atoms with Crippen LogP contribution in [0.4, 0.5) is 0 Å². The number of aromatic hydroxyl groups is 1. The van der Waals surface area contributed by atoms with Crippen molar-refractivity contribution in [1.82, 2.24) is 19.9 Å². The van der Waals surface area contributed by atoms with Crippen LogP contribution in [-0.4, -0.2) is 38.0 Å². The van der Waals surface area contributed by atoms with Crippen LogP contribution in [0.3, 0.4) is 0 Å². The predicted octanol–water partition coefficient (Wildman–Crippen LogP) is 1.35. The van der Waals surface area contributed by atoms with Crippen LogP contribution in [0.15, 0.2) is 30.5 Å². The van der Waals surface area contributed by atoms with Gasteiger partial charge in [-0.05, 0) is 24.6 Å². The number of benzene rings is 1. The summed E-state index contributed by atoms with van der Waals surface area (Å²) in [4.78, 5) is 13.9. The number of amides is 1. The molecule has 2 rings (SSSR count). The zero-order valence-electron chi connectivity index (χ0n) is 11.1. The van der Waals surface area contributed by atoms with E-state index in [9.17, 15) is 9.90 Å². The fourth-order valence-corrected chi connectivity index (χ4v) is 1.85. The molecule has 0 spiro atoms. The average Bonchev–Trinajstić information content (AvgIpc) is 2.82. The van der Waals surface area contributed by atoms with Crippen LogP contribution in [0, 0.1) is 0 Å². The van der Waals surface area contributed by atoms with Crippen LogP contribution in [0.1, 0.15) is 29.0 Å². The molecule has 1 amide bonds. The third-order valence-corrected chi connectivity index (χ3v) is 3.19. The highest BCUT2D eigenvalue weighted by Crippen LogP contribution is 2.23. The average molecular weight is 260 g/mol. The molecule has 100 valence electrons. The first kappa shape index (κ1) is 13.1. The first-order valence-electron chi connectivity index (χ1n) is 5.91. The van der Waals surface area contributed by atoms with Crippen molar-refractivity contribution >= 4 is 5.91 Å². The van der Waals surface area contributed by atoms with Crippen molar-refractivity contribution < 1.29 is 9.90 Å². The monoisotopic (exact) mass is 260 g/mol. The second-order valence-electron chi connectivity index (χ2n) is 4.43. The number of hydrogen-bond donors (Lipinski definition) is 1. The molecule has 1 atom stereocenters. The molecule has 0 aliphatic carbocycles. The lowest BCUT2D eigenvalue weighted by atomic mass is 10.1. The summed E-state index contributed by atoms with van der Waals surface area (Å²) in [6.45, 7) is 1.90. The fourth-order valence-electron chi connectivity index (χ4n) is 1.85. The van der Waals surface area contributed by atoms with Gasteiger partial charge in [-0.3, -0.25) is 4.79 Å². The highest BCUT2D eigenvalue weighted by Gasteiger charge is 2.21. The summed E-state index contributed by atoms with van der Waals surface area (Å²) >= 11 is 0. The molecule has 2 aromatic rings. The van der Waals surface area contributed by atoms with Gasteiger partial charge in [0.2, 0.25) is 0 Å². The number of hydrogen-bond acceptors (Lipinski definition) is 4. The fraction of sp³-hybridized carbons (Fsp3) is 0.308. The Balaban J connectivity index is 2.22. The second kappa shape index (κ2) is 5.09. The summed E-state index contributed by atoms with van der Waals surface area (Å²) in [5.74, 6) is 0.0238. The molecule has 0 fully saturated rings. The zero-order chi connectivity index (χ0) is 14.0. The molecule has 1 unspecified atom stereocenters. The molecule has 0 aliphatic heterocycles. The van der Waals surface area contributed by atoms with Gasteiger partial charge in [-0.2, -0.15) is 0 Å². The van der Waals surface area contributed by atoms with Gasteiger partial charge in [0.25, 0.3) is 5.91 Å². The van der Waals surface area contributed by atoms with Crippen molar-refractivity contribution in [3.8, 4) is 5.75 Å². The van der Waals surface area contributed by atoms with E-state index in [2.05, 4.69) is 10.3 Å². The summed E-state index contributed by atoms with van der Waals surface area (Å²) in [7, 11) is 3.39. The minimum absolute atomic E-state index is 0.158. The number of aryl methyl sites for hydroxylation is 1. The third-order valence-electron chi connectivity index (χ3n) is 3.19. The van der Waals surface area contributed by atoms with Crippen molar-refractivity contribution in [1.29, 1.82) is 0 Å². The maximum Gasteiger partial charge on any atom is 0.274 e. The molecule has 1 aromatic heterocycles. The Morgan fingerprint density at radius 3 is 2.79 bits per heavy atom. The van der Waals surface area contributed by atoms with Gasteiger partial charge in [0.15, 0.2) is 0 Å². The summed E-state index contributed by atoms with van der Waals surface area (Å²) in [6.07, 6.45) is 1.44. The Kier molecular flexibility index (Phi) is 3.50. The Labute approximate surface area is 111 Å². The van der Waals surface area contributed by atoms with E-state index in [1.54, 1.807) is 37.2 Å². The molecule has 1 N–H and O–H groups in total. The first-order valence-corrected chi connectivity index (χ1v) is 5.91. The standard InChI is InChI=1S/C13H16N4O2/c1-9(10-5-4-6-11(18)7-10)16(2)13(19)12-8-14-15-17(12)3/h4-9,18H,1-3H3. The Hall–Kier alpha value is -2.37. The van der Waals surface area contributed by atoms with E-state index in [-0.39, 0.29) is 17.7 Å². The van der Waals surface area contributed by atoms with E-state index in [1.165, 1.54) is 10.9 Å². The number of carbonyl (C=O) groups is 1. The van der Waals surface area contributed by atoms with E-state index in [0.29, 0.717) is 5.69 Å². The van der Waals surface area contributed by atoms with Crippen molar-refractivity contribution in [3.63, 3.8) is 0 Å². The number of rotatable bonds is 3. The molecule has 0 saturated carbocycles. The van der Waals surface area contributed by atoms with Crippen LogP contribution in [0.25, 0.3) is 0 Å². The maximum absolute atomic E-state index is 12.3. The van der Waals surface area contributed by atoms with Crippen LogP contribution >= 0.6 is 0 Å². The second-order valence-corrected chi connectivity index (χ2v) is 4.43. The van der Waals surface area contributed by atoms with Gasteiger partial charge in [-0.25, -0.2) is 4.68 Å². The summed E-state index contributed by atoms with van der Waals surface area (Å²) in [5.41, 5.74) is 1.29. The SMILES string of the molecule is CC(c1cccc(O)c1)N(C)C(=O)c1cnnn1C. The van der Waals surface area contributed by atoms with E-state index in [0.717, 1.165) is 5.56 Å². The van der Waals surface area contributed by atoms with E-state index in [1.807, 2.05) is 13.0 Å². The number of nitrogens with zero attached hydrogens (tertiary/aromatic N) is 4. The molecular weight excluding hydrogens is 244 g/mol. The van der Waals surface area contributed by atoms with Gasteiger partial charge in [-0.1, -0.05) is 17.3 Å². The Bertz CT molecular complexity index is 594. The van der Waals surface area contributed by atoms with Gasteiger partial charge in [-0.15, -0.1) is 5.10 Å². The van der Waals surface area contributed by atoms with Gasteiger partial charge in [0, 0.05) is 14.1 Å². The van der Waals surface area contributed by atoms with Crippen LogP contribution < -0.4 is 0 Å². The van der Waals surface area contributed by atoms with Crippen LogP contribution in [-0.2, 0) is 7.05 Å². The maximum atomic E-state index is 12.3. The largest absolute Gasteiger partial charge is 0.508 e. The van der Waals surface area contributed by atoms with Gasteiger partial charge < -0.3 is 10.0 Å². The Morgan fingerprint density at radius 2 is 2.21 bits per heavy atom. The molecule has 6 heteroatoms. The van der Waals surface area contributed by atoms with Crippen molar-refractivity contribution in [2.45, 2.75) is 13.0 Å². The summed E-state index contributed by atoms with van der Waals surface area (Å²) in [6, 6.07) is 6.72. The molecule has 19 heavy (non-hydrogen) atoms. The lowest BCUT2D eigenvalue weighted by Gasteiger charge is -2.25.